The molecular weight excluding hydrogens is 230 g/mol. The summed E-state index contributed by atoms with van der Waals surface area (Å²) in [6.07, 6.45) is 1.45. The third-order valence-corrected chi connectivity index (χ3v) is 2.58. The minimum atomic E-state index is -1.05. The number of pyridine rings is 1. The average molecular weight is 243 g/mol. The Morgan fingerprint density at radius 1 is 1.33 bits per heavy atom. The van der Waals surface area contributed by atoms with Gasteiger partial charge in [-0.05, 0) is 18.2 Å². The highest BCUT2D eigenvalue weighted by atomic mass is 16.4. The van der Waals surface area contributed by atoms with E-state index in [1.807, 2.05) is 30.3 Å². The average Bonchev–Trinajstić information content (AvgIpc) is 2.39. The van der Waals surface area contributed by atoms with Gasteiger partial charge in [-0.2, -0.15) is 0 Å². The summed E-state index contributed by atoms with van der Waals surface area (Å²) in [5.41, 5.74) is 6.83. The van der Waals surface area contributed by atoms with Crippen LogP contribution in [0.25, 0.3) is 0 Å². The molecule has 0 amide bonds. The molecule has 0 radical (unpaired) electrons. The van der Waals surface area contributed by atoms with Crippen LogP contribution in [0.15, 0.2) is 42.6 Å². The second-order valence-corrected chi connectivity index (χ2v) is 3.84. The van der Waals surface area contributed by atoms with Crippen molar-refractivity contribution < 1.29 is 9.90 Å². The number of nitrogens with two attached hydrogens (primary N) is 1. The molecule has 1 aromatic heterocycles. The number of anilines is 3. The molecule has 2 aromatic rings. The van der Waals surface area contributed by atoms with Crippen molar-refractivity contribution in [1.82, 2.24) is 4.98 Å². The van der Waals surface area contributed by atoms with Crippen molar-refractivity contribution in [2.24, 2.45) is 0 Å². The second-order valence-electron chi connectivity index (χ2n) is 3.84. The number of aromatic nitrogens is 1. The van der Waals surface area contributed by atoms with Crippen molar-refractivity contribution in [3.05, 3.63) is 48.2 Å². The molecule has 3 N–H and O–H groups in total. The number of rotatable bonds is 3. The Bertz CT molecular complexity index is 570. The summed E-state index contributed by atoms with van der Waals surface area (Å²) < 4.78 is 0. The van der Waals surface area contributed by atoms with E-state index < -0.39 is 5.97 Å². The van der Waals surface area contributed by atoms with E-state index in [2.05, 4.69) is 4.98 Å². The summed E-state index contributed by atoms with van der Waals surface area (Å²) in [6.45, 7) is 0. The molecule has 0 spiro atoms. The van der Waals surface area contributed by atoms with Gasteiger partial charge < -0.3 is 15.7 Å². The van der Waals surface area contributed by atoms with Gasteiger partial charge in [0.25, 0.3) is 0 Å². The van der Waals surface area contributed by atoms with Crippen LogP contribution in [0.2, 0.25) is 0 Å². The highest BCUT2D eigenvalue weighted by Gasteiger charge is 2.16. The Kier molecular flexibility index (Phi) is 3.14. The standard InChI is InChI=1S/C13H13N3O2/c1-16(10-5-3-2-4-6-10)12-11(13(17)18)7-9(14)8-15-12/h2-8H,14H2,1H3,(H,17,18). The van der Waals surface area contributed by atoms with Gasteiger partial charge in [0.15, 0.2) is 0 Å². The Labute approximate surface area is 104 Å². The van der Waals surface area contributed by atoms with E-state index in [1.54, 1.807) is 11.9 Å². The zero-order valence-electron chi connectivity index (χ0n) is 9.87. The number of benzene rings is 1. The maximum Gasteiger partial charge on any atom is 0.339 e. The van der Waals surface area contributed by atoms with Gasteiger partial charge in [0.05, 0.1) is 11.9 Å². The van der Waals surface area contributed by atoms with E-state index in [9.17, 15) is 4.79 Å². The normalized spacial score (nSPS) is 10.1. The fraction of sp³-hybridized carbons (Fsp3) is 0.0769. The summed E-state index contributed by atoms with van der Waals surface area (Å²) in [6, 6.07) is 10.8. The van der Waals surface area contributed by atoms with E-state index >= 15 is 0 Å². The lowest BCUT2D eigenvalue weighted by molar-refractivity contribution is 0.0697. The minimum absolute atomic E-state index is 0.0846. The number of aromatic carboxylic acids is 1. The first-order chi connectivity index (χ1) is 8.59. The van der Waals surface area contributed by atoms with Crippen LogP contribution < -0.4 is 10.6 Å². The molecule has 1 aromatic carbocycles. The smallest absolute Gasteiger partial charge is 0.339 e. The van der Waals surface area contributed by atoms with Gasteiger partial charge in [0.2, 0.25) is 0 Å². The molecule has 0 bridgehead atoms. The third-order valence-electron chi connectivity index (χ3n) is 2.58. The van der Waals surface area contributed by atoms with Crippen LogP contribution in [0.1, 0.15) is 10.4 Å². The first kappa shape index (κ1) is 11.9. The van der Waals surface area contributed by atoms with Crippen LogP contribution in [-0.2, 0) is 0 Å². The zero-order chi connectivity index (χ0) is 13.1. The van der Waals surface area contributed by atoms with E-state index in [-0.39, 0.29) is 5.56 Å². The highest BCUT2D eigenvalue weighted by Crippen LogP contribution is 2.25. The largest absolute Gasteiger partial charge is 0.478 e. The van der Waals surface area contributed by atoms with Gasteiger partial charge in [-0.15, -0.1) is 0 Å². The number of nitrogens with zero attached hydrogens (tertiary/aromatic N) is 2. The molecule has 0 saturated heterocycles. The molecule has 0 aliphatic rings. The highest BCUT2D eigenvalue weighted by molar-refractivity contribution is 5.95. The molecule has 5 heteroatoms. The Morgan fingerprint density at radius 3 is 2.61 bits per heavy atom. The molecule has 0 saturated carbocycles. The Morgan fingerprint density at radius 2 is 2.00 bits per heavy atom. The number of carboxylic acids is 1. The number of carboxylic acid groups (broad SMARTS) is 1. The van der Waals surface area contributed by atoms with Crippen LogP contribution in [0, 0.1) is 0 Å². The number of para-hydroxylation sites is 1. The van der Waals surface area contributed by atoms with Crippen molar-refractivity contribution >= 4 is 23.2 Å². The van der Waals surface area contributed by atoms with Gasteiger partial charge in [-0.3, -0.25) is 0 Å². The summed E-state index contributed by atoms with van der Waals surface area (Å²) in [7, 11) is 1.76. The summed E-state index contributed by atoms with van der Waals surface area (Å²) in [4.78, 5) is 17.0. The first-order valence-corrected chi connectivity index (χ1v) is 5.37. The van der Waals surface area contributed by atoms with E-state index in [1.165, 1.54) is 12.3 Å². The molecule has 0 atom stereocenters. The first-order valence-electron chi connectivity index (χ1n) is 5.37. The van der Waals surface area contributed by atoms with Crippen molar-refractivity contribution in [2.75, 3.05) is 17.7 Å². The summed E-state index contributed by atoms with van der Waals surface area (Å²) >= 11 is 0. The molecule has 18 heavy (non-hydrogen) atoms. The van der Waals surface area contributed by atoms with Crippen LogP contribution in [-0.4, -0.2) is 23.1 Å². The fourth-order valence-electron chi connectivity index (χ4n) is 1.67. The van der Waals surface area contributed by atoms with E-state index in [4.69, 9.17) is 10.8 Å². The van der Waals surface area contributed by atoms with Crippen molar-refractivity contribution in [1.29, 1.82) is 0 Å². The third kappa shape index (κ3) is 2.24. The van der Waals surface area contributed by atoms with Gasteiger partial charge in [0, 0.05) is 12.7 Å². The second kappa shape index (κ2) is 4.75. The molecule has 0 aliphatic heterocycles. The molecule has 92 valence electrons. The molecule has 0 unspecified atom stereocenters. The number of hydrogen-bond acceptors (Lipinski definition) is 4. The monoisotopic (exact) mass is 243 g/mol. The summed E-state index contributed by atoms with van der Waals surface area (Å²) in [5, 5.41) is 9.16. The van der Waals surface area contributed by atoms with Crippen molar-refractivity contribution in [2.45, 2.75) is 0 Å². The number of hydrogen-bond donors (Lipinski definition) is 2. The van der Waals surface area contributed by atoms with Gasteiger partial charge >= 0.3 is 5.97 Å². The quantitative estimate of drug-likeness (QED) is 0.863. The van der Waals surface area contributed by atoms with Crippen LogP contribution in [0.5, 0.6) is 0 Å². The van der Waals surface area contributed by atoms with Crippen LogP contribution >= 0.6 is 0 Å². The molecule has 5 nitrogen and oxygen atoms in total. The molecule has 0 aliphatic carbocycles. The lowest BCUT2D eigenvalue weighted by atomic mass is 10.2. The maximum absolute atomic E-state index is 11.2. The fourth-order valence-corrected chi connectivity index (χ4v) is 1.67. The summed E-state index contributed by atoms with van der Waals surface area (Å²) in [5.74, 6) is -0.685. The molecule has 0 fully saturated rings. The maximum atomic E-state index is 11.2. The minimum Gasteiger partial charge on any atom is -0.478 e. The number of nitrogen functional groups attached to an aromatic ring is 1. The van der Waals surface area contributed by atoms with Crippen LogP contribution in [0.3, 0.4) is 0 Å². The molecule has 1 heterocycles. The van der Waals surface area contributed by atoms with E-state index in [0.29, 0.717) is 11.5 Å². The lowest BCUT2D eigenvalue weighted by Gasteiger charge is -2.20. The van der Waals surface area contributed by atoms with Gasteiger partial charge in [-0.1, -0.05) is 18.2 Å². The van der Waals surface area contributed by atoms with Gasteiger partial charge in [-0.25, -0.2) is 9.78 Å². The SMILES string of the molecule is CN(c1ccccc1)c1ncc(N)cc1C(=O)O. The molecule has 2 rings (SSSR count). The van der Waals surface area contributed by atoms with Crippen molar-refractivity contribution in [3.8, 4) is 0 Å². The molecular formula is C13H13N3O2. The predicted octanol–water partition coefficient (Wildman–Crippen LogP) is 2.13. The Hall–Kier alpha value is -2.56. The zero-order valence-corrected chi connectivity index (χ0v) is 9.87. The van der Waals surface area contributed by atoms with Crippen LogP contribution in [0.4, 0.5) is 17.2 Å². The van der Waals surface area contributed by atoms with Crippen molar-refractivity contribution in [3.63, 3.8) is 0 Å². The predicted molar refractivity (Wildman–Crippen MR) is 70.1 cm³/mol. The van der Waals surface area contributed by atoms with E-state index in [0.717, 1.165) is 5.69 Å². The Balaban J connectivity index is 2.48. The van der Waals surface area contributed by atoms with Gasteiger partial charge in [0.1, 0.15) is 11.4 Å². The lowest BCUT2D eigenvalue weighted by Crippen LogP contribution is -2.16. The number of carbonyl (C=O) groups is 1. The topological polar surface area (TPSA) is 79.5 Å².